The van der Waals surface area contributed by atoms with E-state index in [1.807, 2.05) is 17.5 Å². The van der Waals surface area contributed by atoms with Gasteiger partial charge in [0.15, 0.2) is 5.76 Å². The first kappa shape index (κ1) is 17.0. The van der Waals surface area contributed by atoms with Crippen molar-refractivity contribution in [3.63, 3.8) is 0 Å². The molecule has 1 aromatic carbocycles. The highest BCUT2D eigenvalue weighted by Crippen LogP contribution is 2.27. The van der Waals surface area contributed by atoms with Crippen molar-refractivity contribution in [1.82, 2.24) is 10.1 Å². The van der Waals surface area contributed by atoms with Crippen LogP contribution in [0.1, 0.15) is 11.3 Å². The maximum Gasteiger partial charge on any atom is 0.293 e. The number of hydrogen-bond donors (Lipinski definition) is 0. The van der Waals surface area contributed by atoms with Crippen LogP contribution in [0.2, 0.25) is 0 Å². The lowest BCUT2D eigenvalue weighted by Gasteiger charge is -2.05. The summed E-state index contributed by atoms with van der Waals surface area (Å²) in [6.45, 7) is 1.83. The van der Waals surface area contributed by atoms with Gasteiger partial charge in [-0.05, 0) is 42.6 Å². The van der Waals surface area contributed by atoms with Crippen molar-refractivity contribution >= 4 is 17.0 Å². The van der Waals surface area contributed by atoms with Crippen molar-refractivity contribution in [3.8, 4) is 28.1 Å². The zero-order chi connectivity index (χ0) is 18.8. The summed E-state index contributed by atoms with van der Waals surface area (Å²) in [7, 11) is 0. The number of furan rings is 1. The molecule has 0 unspecified atom stereocenters. The quantitative estimate of drug-likeness (QED) is 0.346. The summed E-state index contributed by atoms with van der Waals surface area (Å²) in [4.78, 5) is 15.7. The lowest BCUT2D eigenvalue weighted by molar-refractivity contribution is -0.385. The summed E-state index contributed by atoms with van der Waals surface area (Å²) in [5.74, 6) is 2.33. The average molecular weight is 383 g/mol. The standard InChI is InChI=1S/C18H13N3O5S/c1-11-9-12(4-6-14(11)21(22)23)24-10-13-5-7-15(25-13)18-19-17(20-26-18)16-3-2-8-27-16/h2-9H,10H2,1H3. The molecule has 8 nitrogen and oxygen atoms in total. The number of thiophene rings is 1. The van der Waals surface area contributed by atoms with E-state index in [4.69, 9.17) is 13.7 Å². The number of rotatable bonds is 6. The van der Waals surface area contributed by atoms with Crippen LogP contribution >= 0.6 is 11.3 Å². The lowest BCUT2D eigenvalue weighted by Crippen LogP contribution is -1.96. The van der Waals surface area contributed by atoms with Gasteiger partial charge in [-0.2, -0.15) is 4.98 Å². The fourth-order valence-corrected chi connectivity index (χ4v) is 3.13. The number of nitrogens with zero attached hydrogens (tertiary/aromatic N) is 3. The van der Waals surface area contributed by atoms with E-state index in [9.17, 15) is 10.1 Å². The molecular weight excluding hydrogens is 370 g/mol. The molecule has 0 saturated heterocycles. The highest BCUT2D eigenvalue weighted by molar-refractivity contribution is 7.13. The molecule has 0 N–H and O–H groups in total. The second-order valence-electron chi connectivity index (χ2n) is 5.66. The fourth-order valence-electron chi connectivity index (χ4n) is 2.48. The molecule has 0 amide bonds. The Morgan fingerprint density at radius 1 is 1.26 bits per heavy atom. The Kier molecular flexibility index (Phi) is 4.43. The molecule has 27 heavy (non-hydrogen) atoms. The van der Waals surface area contributed by atoms with E-state index in [1.54, 1.807) is 31.2 Å². The van der Waals surface area contributed by atoms with Crippen LogP contribution in [0.15, 0.2) is 56.8 Å². The average Bonchev–Trinajstić information content (AvgIpc) is 3.39. The molecule has 0 saturated carbocycles. The third kappa shape index (κ3) is 3.58. The normalized spacial score (nSPS) is 10.9. The summed E-state index contributed by atoms with van der Waals surface area (Å²) >= 11 is 1.52. The van der Waals surface area contributed by atoms with Gasteiger partial charge in [0.1, 0.15) is 18.1 Å². The molecule has 4 rings (SSSR count). The molecule has 0 radical (unpaired) electrons. The van der Waals surface area contributed by atoms with E-state index in [0.29, 0.717) is 28.7 Å². The van der Waals surface area contributed by atoms with E-state index < -0.39 is 4.92 Å². The maximum absolute atomic E-state index is 10.9. The molecule has 0 aliphatic heterocycles. The summed E-state index contributed by atoms with van der Waals surface area (Å²) in [6.07, 6.45) is 0. The first-order chi connectivity index (χ1) is 13.1. The predicted molar refractivity (Wildman–Crippen MR) is 97.5 cm³/mol. The molecule has 0 bridgehead atoms. The van der Waals surface area contributed by atoms with Crippen LogP contribution in [0.4, 0.5) is 5.69 Å². The number of aryl methyl sites for hydroxylation is 1. The van der Waals surface area contributed by atoms with Gasteiger partial charge in [-0.3, -0.25) is 10.1 Å². The summed E-state index contributed by atoms with van der Waals surface area (Å²) in [5, 5.41) is 16.7. The Balaban J connectivity index is 1.44. The SMILES string of the molecule is Cc1cc(OCc2ccc(-c3nc(-c4cccs4)no3)o2)ccc1[N+](=O)[O-]. The first-order valence-electron chi connectivity index (χ1n) is 7.94. The Morgan fingerprint density at radius 3 is 2.89 bits per heavy atom. The molecule has 3 aromatic heterocycles. The van der Waals surface area contributed by atoms with Crippen LogP contribution in [0.5, 0.6) is 5.75 Å². The van der Waals surface area contributed by atoms with Crippen molar-refractivity contribution in [1.29, 1.82) is 0 Å². The van der Waals surface area contributed by atoms with Gasteiger partial charge in [0.05, 0.1) is 9.80 Å². The van der Waals surface area contributed by atoms with E-state index in [1.165, 1.54) is 17.4 Å². The Bertz CT molecular complexity index is 1080. The van der Waals surface area contributed by atoms with Crippen molar-refractivity contribution in [3.05, 3.63) is 69.3 Å². The molecule has 3 heterocycles. The largest absolute Gasteiger partial charge is 0.486 e. The van der Waals surface area contributed by atoms with E-state index in [2.05, 4.69) is 10.1 Å². The predicted octanol–water partition coefficient (Wildman–Crippen LogP) is 4.85. The molecule has 0 fully saturated rings. The molecule has 0 aliphatic rings. The van der Waals surface area contributed by atoms with Gasteiger partial charge in [0.25, 0.3) is 11.6 Å². The second-order valence-corrected chi connectivity index (χ2v) is 6.61. The highest BCUT2D eigenvalue weighted by atomic mass is 32.1. The number of nitro benzene ring substituents is 1. The van der Waals surface area contributed by atoms with Gasteiger partial charge in [-0.1, -0.05) is 11.2 Å². The Labute approximate surface area is 157 Å². The minimum Gasteiger partial charge on any atom is -0.486 e. The molecular formula is C18H13N3O5S. The van der Waals surface area contributed by atoms with Gasteiger partial charge in [0.2, 0.25) is 5.82 Å². The minimum absolute atomic E-state index is 0.0561. The Hall–Kier alpha value is -3.46. The Morgan fingerprint density at radius 2 is 2.15 bits per heavy atom. The number of ether oxygens (including phenoxy) is 1. The van der Waals surface area contributed by atoms with Gasteiger partial charge in [-0.15, -0.1) is 11.3 Å². The van der Waals surface area contributed by atoms with Crippen LogP contribution < -0.4 is 4.74 Å². The summed E-state index contributed by atoms with van der Waals surface area (Å²) in [6, 6.07) is 11.9. The number of nitro groups is 1. The number of hydrogen-bond acceptors (Lipinski definition) is 8. The zero-order valence-electron chi connectivity index (χ0n) is 14.1. The zero-order valence-corrected chi connectivity index (χ0v) is 14.9. The molecule has 136 valence electrons. The van der Waals surface area contributed by atoms with Gasteiger partial charge in [-0.25, -0.2) is 0 Å². The van der Waals surface area contributed by atoms with E-state index >= 15 is 0 Å². The van der Waals surface area contributed by atoms with Crippen LogP contribution in [0.25, 0.3) is 22.4 Å². The molecule has 4 aromatic rings. The minimum atomic E-state index is -0.424. The monoisotopic (exact) mass is 383 g/mol. The number of aromatic nitrogens is 2. The van der Waals surface area contributed by atoms with Crippen molar-refractivity contribution < 1.29 is 18.6 Å². The highest BCUT2D eigenvalue weighted by Gasteiger charge is 2.15. The van der Waals surface area contributed by atoms with Crippen molar-refractivity contribution in [2.24, 2.45) is 0 Å². The van der Waals surface area contributed by atoms with Gasteiger partial charge < -0.3 is 13.7 Å². The van der Waals surface area contributed by atoms with Crippen LogP contribution in [0.3, 0.4) is 0 Å². The van der Waals surface area contributed by atoms with Gasteiger partial charge >= 0.3 is 0 Å². The third-order valence-corrected chi connectivity index (χ3v) is 4.65. The summed E-state index contributed by atoms with van der Waals surface area (Å²) in [5.41, 5.74) is 0.588. The van der Waals surface area contributed by atoms with Crippen LogP contribution in [0, 0.1) is 17.0 Å². The van der Waals surface area contributed by atoms with Gasteiger partial charge in [0, 0.05) is 11.6 Å². The van der Waals surface area contributed by atoms with Crippen molar-refractivity contribution in [2.75, 3.05) is 0 Å². The smallest absolute Gasteiger partial charge is 0.293 e. The third-order valence-electron chi connectivity index (χ3n) is 3.79. The second kappa shape index (κ2) is 7.04. The maximum atomic E-state index is 10.9. The molecule has 0 aliphatic carbocycles. The van der Waals surface area contributed by atoms with Crippen LogP contribution in [-0.4, -0.2) is 15.1 Å². The fraction of sp³-hybridized carbons (Fsp3) is 0.111. The van der Waals surface area contributed by atoms with E-state index in [-0.39, 0.29) is 18.2 Å². The van der Waals surface area contributed by atoms with E-state index in [0.717, 1.165) is 4.88 Å². The topological polar surface area (TPSA) is 104 Å². The van der Waals surface area contributed by atoms with Crippen molar-refractivity contribution in [2.45, 2.75) is 13.5 Å². The molecule has 0 spiro atoms. The lowest BCUT2D eigenvalue weighted by atomic mass is 10.2. The number of benzene rings is 1. The van der Waals surface area contributed by atoms with Crippen LogP contribution in [-0.2, 0) is 6.61 Å². The summed E-state index contributed by atoms with van der Waals surface area (Å²) < 4.78 is 16.6. The molecule has 9 heteroatoms. The first-order valence-corrected chi connectivity index (χ1v) is 8.82. The molecule has 0 atom stereocenters.